The van der Waals surface area contributed by atoms with Crippen molar-refractivity contribution >= 4 is 29.0 Å². The fourth-order valence-corrected chi connectivity index (χ4v) is 2.56. The fraction of sp³-hybridized carbons (Fsp3) is 0.143. The molecule has 0 saturated heterocycles. The number of benzene rings is 1. The molecule has 0 aliphatic rings. The highest BCUT2D eigenvalue weighted by Crippen LogP contribution is 2.21. The van der Waals surface area contributed by atoms with Gasteiger partial charge < -0.3 is 20.8 Å². The molecule has 0 unspecified atom stereocenters. The Bertz CT molecular complexity index is 681. The molecule has 0 aliphatic carbocycles. The van der Waals surface area contributed by atoms with Crippen LogP contribution in [0.3, 0.4) is 0 Å². The van der Waals surface area contributed by atoms with Gasteiger partial charge in [-0.2, -0.15) is 0 Å². The van der Waals surface area contributed by atoms with Crippen LogP contribution in [0.15, 0.2) is 30.3 Å². The van der Waals surface area contributed by atoms with Gasteiger partial charge in [-0.1, -0.05) is 0 Å². The zero-order valence-corrected chi connectivity index (χ0v) is 12.0. The van der Waals surface area contributed by atoms with Crippen molar-refractivity contribution in [2.24, 2.45) is 0 Å². The van der Waals surface area contributed by atoms with Gasteiger partial charge in [-0.25, -0.2) is 9.59 Å². The number of nitrogens with one attached hydrogen (secondary N) is 2. The number of aromatic carboxylic acids is 1. The van der Waals surface area contributed by atoms with E-state index in [1.165, 1.54) is 12.1 Å². The average molecular weight is 306 g/mol. The van der Waals surface area contributed by atoms with Crippen LogP contribution in [0.1, 0.15) is 20.1 Å². The third kappa shape index (κ3) is 3.96. The number of phenols is 1. The van der Waals surface area contributed by atoms with E-state index in [-0.39, 0.29) is 17.0 Å². The normalized spacial score (nSPS) is 10.1. The van der Waals surface area contributed by atoms with Crippen LogP contribution >= 0.6 is 11.3 Å². The number of aromatic hydroxyl groups is 1. The molecule has 0 bridgehead atoms. The van der Waals surface area contributed by atoms with Gasteiger partial charge in [0.05, 0.1) is 17.8 Å². The lowest BCUT2D eigenvalue weighted by molar-refractivity contribution is 0.0697. The van der Waals surface area contributed by atoms with Gasteiger partial charge in [-0.3, -0.25) is 0 Å². The van der Waals surface area contributed by atoms with Crippen molar-refractivity contribution in [1.82, 2.24) is 5.32 Å². The summed E-state index contributed by atoms with van der Waals surface area (Å²) in [6.45, 7) is 2.34. The fourth-order valence-electron chi connectivity index (χ4n) is 1.73. The Morgan fingerprint density at radius 2 is 2.00 bits per heavy atom. The summed E-state index contributed by atoms with van der Waals surface area (Å²) in [6.07, 6.45) is 0. The Balaban J connectivity index is 2.01. The summed E-state index contributed by atoms with van der Waals surface area (Å²) >= 11 is 1.58. The van der Waals surface area contributed by atoms with Crippen molar-refractivity contribution in [1.29, 1.82) is 0 Å². The van der Waals surface area contributed by atoms with Gasteiger partial charge in [0.1, 0.15) is 5.75 Å². The van der Waals surface area contributed by atoms with Gasteiger partial charge in [-0.15, -0.1) is 11.3 Å². The number of amides is 2. The SMILES string of the molecule is Cc1ccc(CNC(=O)Nc2ccc(O)cc2C(=O)O)s1. The number of phenolic OH excluding ortho intramolecular Hbond substituents is 1. The third-order valence-corrected chi connectivity index (χ3v) is 3.70. The number of hydrogen-bond acceptors (Lipinski definition) is 4. The van der Waals surface area contributed by atoms with Crippen molar-refractivity contribution in [2.45, 2.75) is 13.5 Å². The molecule has 0 spiro atoms. The Morgan fingerprint density at radius 1 is 1.24 bits per heavy atom. The lowest BCUT2D eigenvalue weighted by Gasteiger charge is -2.09. The molecular formula is C14H14N2O4S. The van der Waals surface area contributed by atoms with Gasteiger partial charge in [-0.05, 0) is 37.3 Å². The molecular weight excluding hydrogens is 292 g/mol. The van der Waals surface area contributed by atoms with E-state index in [9.17, 15) is 14.7 Å². The second-order valence-corrected chi connectivity index (χ2v) is 5.73. The summed E-state index contributed by atoms with van der Waals surface area (Å²) in [7, 11) is 0. The minimum atomic E-state index is -1.23. The van der Waals surface area contributed by atoms with E-state index in [0.29, 0.717) is 6.54 Å². The summed E-state index contributed by atoms with van der Waals surface area (Å²) in [4.78, 5) is 25.0. The molecule has 0 radical (unpaired) electrons. The Hall–Kier alpha value is -2.54. The summed E-state index contributed by atoms with van der Waals surface area (Å²) in [6, 6.07) is 7.11. The molecule has 2 aromatic rings. The van der Waals surface area contributed by atoms with E-state index in [4.69, 9.17) is 5.11 Å². The zero-order chi connectivity index (χ0) is 15.4. The van der Waals surface area contributed by atoms with Gasteiger partial charge in [0, 0.05) is 9.75 Å². The maximum Gasteiger partial charge on any atom is 0.337 e. The number of urea groups is 1. The Morgan fingerprint density at radius 3 is 2.62 bits per heavy atom. The first-order chi connectivity index (χ1) is 9.95. The van der Waals surface area contributed by atoms with Crippen LogP contribution in [-0.4, -0.2) is 22.2 Å². The van der Waals surface area contributed by atoms with Crippen LogP contribution in [-0.2, 0) is 6.54 Å². The lowest BCUT2D eigenvalue weighted by atomic mass is 10.1. The van der Waals surface area contributed by atoms with Crippen LogP contribution in [0.25, 0.3) is 0 Å². The molecule has 0 fully saturated rings. The van der Waals surface area contributed by atoms with E-state index in [0.717, 1.165) is 15.8 Å². The van der Waals surface area contributed by atoms with Crippen LogP contribution in [0.2, 0.25) is 0 Å². The highest BCUT2D eigenvalue weighted by molar-refractivity contribution is 7.11. The van der Waals surface area contributed by atoms with E-state index in [1.807, 2.05) is 19.1 Å². The van der Waals surface area contributed by atoms with Crippen molar-refractivity contribution in [2.75, 3.05) is 5.32 Å². The van der Waals surface area contributed by atoms with Crippen molar-refractivity contribution in [3.8, 4) is 5.75 Å². The molecule has 7 heteroatoms. The molecule has 0 aliphatic heterocycles. The molecule has 110 valence electrons. The Kier molecular flexibility index (Phi) is 4.44. The summed E-state index contributed by atoms with van der Waals surface area (Å²) in [5, 5.41) is 23.4. The predicted molar refractivity (Wildman–Crippen MR) is 80.0 cm³/mol. The minimum Gasteiger partial charge on any atom is -0.508 e. The maximum absolute atomic E-state index is 11.8. The first kappa shape index (κ1) is 14.9. The van der Waals surface area contributed by atoms with Crippen molar-refractivity contribution in [3.63, 3.8) is 0 Å². The zero-order valence-electron chi connectivity index (χ0n) is 11.2. The number of aryl methyl sites for hydroxylation is 1. The van der Waals surface area contributed by atoms with Crippen LogP contribution in [0, 0.1) is 6.92 Å². The van der Waals surface area contributed by atoms with E-state index < -0.39 is 12.0 Å². The number of rotatable bonds is 4. The summed E-state index contributed by atoms with van der Waals surface area (Å²) in [5.74, 6) is -1.40. The second kappa shape index (κ2) is 6.27. The number of hydrogen-bond donors (Lipinski definition) is 4. The van der Waals surface area contributed by atoms with Crippen molar-refractivity contribution in [3.05, 3.63) is 45.6 Å². The largest absolute Gasteiger partial charge is 0.508 e. The lowest BCUT2D eigenvalue weighted by Crippen LogP contribution is -2.28. The number of carbonyl (C=O) groups is 2. The highest BCUT2D eigenvalue weighted by atomic mass is 32.1. The number of carboxylic acids is 1. The van der Waals surface area contributed by atoms with Gasteiger partial charge >= 0.3 is 12.0 Å². The molecule has 0 saturated carbocycles. The number of carboxylic acid groups (broad SMARTS) is 1. The van der Waals surface area contributed by atoms with Crippen molar-refractivity contribution < 1.29 is 19.8 Å². The minimum absolute atomic E-state index is 0.125. The molecule has 1 heterocycles. The molecule has 6 nitrogen and oxygen atoms in total. The second-order valence-electron chi connectivity index (χ2n) is 4.36. The monoisotopic (exact) mass is 306 g/mol. The smallest absolute Gasteiger partial charge is 0.337 e. The summed E-state index contributed by atoms with van der Waals surface area (Å²) in [5.41, 5.74) is -0.0442. The van der Waals surface area contributed by atoms with Gasteiger partial charge in [0.15, 0.2) is 0 Å². The first-order valence-corrected chi connectivity index (χ1v) is 6.94. The topological polar surface area (TPSA) is 98.7 Å². The number of carbonyl (C=O) groups excluding carboxylic acids is 1. The first-order valence-electron chi connectivity index (χ1n) is 6.12. The number of anilines is 1. The standard InChI is InChI=1S/C14H14N2O4S/c1-8-2-4-10(21-8)7-15-14(20)16-12-5-3-9(17)6-11(12)13(18)19/h2-6,17H,7H2,1H3,(H,18,19)(H2,15,16,20). The maximum atomic E-state index is 11.8. The Labute approximate surface area is 125 Å². The van der Waals surface area contributed by atoms with Crippen LogP contribution in [0.4, 0.5) is 10.5 Å². The van der Waals surface area contributed by atoms with Gasteiger partial charge in [0.25, 0.3) is 0 Å². The molecule has 1 aromatic heterocycles. The van der Waals surface area contributed by atoms with Crippen LogP contribution in [0.5, 0.6) is 5.75 Å². The molecule has 2 rings (SSSR count). The van der Waals surface area contributed by atoms with E-state index in [1.54, 1.807) is 11.3 Å². The molecule has 2 amide bonds. The predicted octanol–water partition coefficient (Wildman–Crippen LogP) is 2.78. The molecule has 4 N–H and O–H groups in total. The molecule has 0 atom stereocenters. The van der Waals surface area contributed by atoms with E-state index in [2.05, 4.69) is 10.6 Å². The van der Waals surface area contributed by atoms with Crippen LogP contribution < -0.4 is 10.6 Å². The molecule has 1 aromatic carbocycles. The molecule has 21 heavy (non-hydrogen) atoms. The highest BCUT2D eigenvalue weighted by Gasteiger charge is 2.13. The quantitative estimate of drug-likeness (QED) is 0.653. The average Bonchev–Trinajstić information content (AvgIpc) is 2.84. The third-order valence-electron chi connectivity index (χ3n) is 2.70. The summed E-state index contributed by atoms with van der Waals surface area (Å²) < 4.78 is 0. The van der Waals surface area contributed by atoms with E-state index >= 15 is 0 Å². The van der Waals surface area contributed by atoms with Gasteiger partial charge in [0.2, 0.25) is 0 Å². The number of thiophene rings is 1.